The first-order valence-electron chi connectivity index (χ1n) is 4.14. The largest absolute Gasteiger partial charge is 0.468 e. The Hall–Kier alpha value is -0.320. The highest BCUT2D eigenvalue weighted by Gasteiger charge is 2.38. The Balaban J connectivity index is 0.00000144. The van der Waals surface area contributed by atoms with Crippen LogP contribution in [0.15, 0.2) is 0 Å². The van der Waals surface area contributed by atoms with E-state index in [0.717, 1.165) is 0 Å². The molecule has 1 aliphatic rings. The number of halogens is 1. The maximum atomic E-state index is 11.2. The highest BCUT2D eigenvalue weighted by Crippen LogP contribution is 2.27. The molecule has 0 radical (unpaired) electrons. The predicted octanol–water partition coefficient (Wildman–Crippen LogP) is 0.214. The van der Waals surface area contributed by atoms with E-state index in [4.69, 9.17) is 5.73 Å². The number of carbonyl (C=O) groups excluding carboxylic acids is 1. The quantitative estimate of drug-likeness (QED) is 0.606. The molecule has 0 amide bonds. The predicted molar refractivity (Wildman–Crippen MR) is 50.7 cm³/mol. The van der Waals surface area contributed by atoms with Crippen LogP contribution in [0.5, 0.6) is 0 Å². The molecule has 0 aromatic carbocycles. The third kappa shape index (κ3) is 2.83. The molecule has 0 aromatic heterocycles. The number of ether oxygens (including phenoxy) is 1. The van der Waals surface area contributed by atoms with E-state index >= 15 is 0 Å². The lowest BCUT2D eigenvalue weighted by atomic mass is 9.81. The van der Waals surface area contributed by atoms with Gasteiger partial charge in [-0.3, -0.25) is 4.79 Å². The fourth-order valence-electron chi connectivity index (χ4n) is 1.53. The summed E-state index contributed by atoms with van der Waals surface area (Å²) >= 11 is 0. The average molecular weight is 210 g/mol. The minimum atomic E-state index is -0.853. The minimum absolute atomic E-state index is 0. The molecular formula is C8H16ClNO3. The fourth-order valence-corrected chi connectivity index (χ4v) is 1.53. The van der Waals surface area contributed by atoms with Crippen molar-refractivity contribution in [3.8, 4) is 0 Å². The van der Waals surface area contributed by atoms with E-state index in [2.05, 4.69) is 4.74 Å². The van der Waals surface area contributed by atoms with Crippen molar-refractivity contribution in [3.63, 3.8) is 0 Å². The van der Waals surface area contributed by atoms with Crippen LogP contribution in [0.3, 0.4) is 0 Å². The summed E-state index contributed by atoms with van der Waals surface area (Å²) in [4.78, 5) is 11.2. The normalized spacial score (nSPS) is 33.3. The summed E-state index contributed by atoms with van der Waals surface area (Å²) < 4.78 is 4.58. The molecule has 0 heterocycles. The molecule has 1 aliphatic carbocycles. The molecule has 0 unspecified atom stereocenters. The maximum Gasteiger partial charge on any atom is 0.325 e. The van der Waals surface area contributed by atoms with Crippen LogP contribution >= 0.6 is 12.4 Å². The third-order valence-electron chi connectivity index (χ3n) is 2.44. The van der Waals surface area contributed by atoms with Crippen molar-refractivity contribution in [2.75, 3.05) is 7.11 Å². The van der Waals surface area contributed by atoms with E-state index in [1.165, 1.54) is 7.11 Å². The Labute approximate surface area is 83.9 Å². The number of hydrogen-bond donors (Lipinski definition) is 2. The van der Waals surface area contributed by atoms with Crippen LogP contribution in [0.1, 0.15) is 25.7 Å². The van der Waals surface area contributed by atoms with E-state index < -0.39 is 5.54 Å². The lowest BCUT2D eigenvalue weighted by molar-refractivity contribution is -0.149. The van der Waals surface area contributed by atoms with Crippen LogP contribution in [0.4, 0.5) is 0 Å². The van der Waals surface area contributed by atoms with E-state index in [0.29, 0.717) is 25.7 Å². The van der Waals surface area contributed by atoms with Crippen LogP contribution in [0, 0.1) is 0 Å². The fraction of sp³-hybridized carbons (Fsp3) is 0.875. The highest BCUT2D eigenvalue weighted by atomic mass is 35.5. The molecule has 1 saturated carbocycles. The number of methoxy groups -OCH3 is 1. The van der Waals surface area contributed by atoms with Crippen LogP contribution in [-0.4, -0.2) is 29.8 Å². The minimum Gasteiger partial charge on any atom is -0.468 e. The lowest BCUT2D eigenvalue weighted by Crippen LogP contribution is -2.51. The zero-order chi connectivity index (χ0) is 9.19. The third-order valence-corrected chi connectivity index (χ3v) is 2.44. The molecule has 4 nitrogen and oxygen atoms in total. The van der Waals surface area contributed by atoms with Crippen LogP contribution in [0.2, 0.25) is 0 Å². The summed E-state index contributed by atoms with van der Waals surface area (Å²) in [6, 6.07) is 0. The van der Waals surface area contributed by atoms with Gasteiger partial charge < -0.3 is 15.6 Å². The molecule has 0 spiro atoms. The zero-order valence-corrected chi connectivity index (χ0v) is 8.47. The first-order chi connectivity index (χ1) is 5.58. The number of rotatable bonds is 1. The van der Waals surface area contributed by atoms with Crippen LogP contribution < -0.4 is 5.73 Å². The van der Waals surface area contributed by atoms with E-state index in [-0.39, 0.29) is 24.5 Å². The second-order valence-electron chi connectivity index (χ2n) is 3.38. The van der Waals surface area contributed by atoms with Gasteiger partial charge in [0, 0.05) is 0 Å². The first-order valence-corrected chi connectivity index (χ1v) is 4.14. The molecule has 0 aliphatic heterocycles. The number of hydrogen-bond acceptors (Lipinski definition) is 4. The molecule has 0 bridgehead atoms. The van der Waals surface area contributed by atoms with Crippen molar-refractivity contribution < 1.29 is 14.6 Å². The van der Waals surface area contributed by atoms with Gasteiger partial charge in [0.2, 0.25) is 0 Å². The standard InChI is InChI=1S/C8H15NO3.ClH/c1-12-7(11)8(9)4-2-6(10)3-5-8;/h6,10H,2-5,9H2,1H3;1H/t6-,8-;. The van der Waals surface area contributed by atoms with Gasteiger partial charge in [0.25, 0.3) is 0 Å². The van der Waals surface area contributed by atoms with E-state index in [1.54, 1.807) is 0 Å². The Morgan fingerprint density at radius 3 is 2.38 bits per heavy atom. The number of esters is 1. The number of aliphatic hydroxyl groups is 1. The maximum absolute atomic E-state index is 11.2. The van der Waals surface area contributed by atoms with Crippen molar-refractivity contribution in [1.82, 2.24) is 0 Å². The number of carbonyl (C=O) groups is 1. The van der Waals surface area contributed by atoms with Gasteiger partial charge in [-0.2, -0.15) is 0 Å². The zero-order valence-electron chi connectivity index (χ0n) is 7.66. The summed E-state index contributed by atoms with van der Waals surface area (Å²) in [5.41, 5.74) is 4.94. The van der Waals surface area contributed by atoms with Gasteiger partial charge in [0.05, 0.1) is 13.2 Å². The molecule has 0 atom stereocenters. The van der Waals surface area contributed by atoms with Crippen molar-refractivity contribution >= 4 is 18.4 Å². The molecule has 13 heavy (non-hydrogen) atoms. The van der Waals surface area contributed by atoms with Crippen LogP contribution in [0.25, 0.3) is 0 Å². The Kier molecular flexibility index (Phi) is 4.67. The van der Waals surface area contributed by atoms with Gasteiger partial charge >= 0.3 is 5.97 Å². The molecule has 0 saturated heterocycles. The highest BCUT2D eigenvalue weighted by molar-refractivity contribution is 5.85. The van der Waals surface area contributed by atoms with Crippen molar-refractivity contribution in [1.29, 1.82) is 0 Å². The summed E-state index contributed by atoms with van der Waals surface area (Å²) in [5, 5.41) is 9.19. The summed E-state index contributed by atoms with van der Waals surface area (Å²) in [5.74, 6) is -0.366. The van der Waals surface area contributed by atoms with Crippen molar-refractivity contribution in [3.05, 3.63) is 0 Å². The van der Waals surface area contributed by atoms with Gasteiger partial charge in [-0.25, -0.2) is 0 Å². The summed E-state index contributed by atoms with van der Waals surface area (Å²) in [7, 11) is 1.34. The monoisotopic (exact) mass is 209 g/mol. The number of aliphatic hydroxyl groups excluding tert-OH is 1. The summed E-state index contributed by atoms with van der Waals surface area (Å²) in [6.45, 7) is 0. The Bertz CT molecular complexity index is 178. The second kappa shape index (κ2) is 4.79. The molecule has 0 aromatic rings. The van der Waals surface area contributed by atoms with Gasteiger partial charge in [0.15, 0.2) is 0 Å². The smallest absolute Gasteiger partial charge is 0.325 e. The molecule has 78 valence electrons. The average Bonchev–Trinajstić information content (AvgIpc) is 2.09. The van der Waals surface area contributed by atoms with Gasteiger partial charge in [-0.05, 0) is 25.7 Å². The van der Waals surface area contributed by atoms with Crippen molar-refractivity contribution in [2.24, 2.45) is 5.73 Å². The summed E-state index contributed by atoms with van der Waals surface area (Å²) in [6.07, 6.45) is 1.91. The van der Waals surface area contributed by atoms with E-state index in [9.17, 15) is 9.90 Å². The SMILES string of the molecule is COC(=O)[C@]1(N)CC[C@H](O)CC1.Cl. The topological polar surface area (TPSA) is 72.5 Å². The molecule has 1 rings (SSSR count). The number of nitrogens with two attached hydrogens (primary N) is 1. The molecule has 1 fully saturated rings. The van der Waals surface area contributed by atoms with Crippen LogP contribution in [-0.2, 0) is 9.53 Å². The Morgan fingerprint density at radius 1 is 1.54 bits per heavy atom. The Morgan fingerprint density at radius 2 is 2.00 bits per heavy atom. The molecule has 5 heteroatoms. The second-order valence-corrected chi connectivity index (χ2v) is 3.38. The van der Waals surface area contributed by atoms with Gasteiger partial charge in [-0.1, -0.05) is 0 Å². The van der Waals surface area contributed by atoms with Crippen molar-refractivity contribution in [2.45, 2.75) is 37.3 Å². The molecular weight excluding hydrogens is 194 g/mol. The van der Waals surface area contributed by atoms with E-state index in [1.807, 2.05) is 0 Å². The first kappa shape index (κ1) is 12.7. The molecule has 3 N–H and O–H groups in total. The lowest BCUT2D eigenvalue weighted by Gasteiger charge is -2.32. The van der Waals surface area contributed by atoms with Gasteiger partial charge in [0.1, 0.15) is 5.54 Å². The van der Waals surface area contributed by atoms with Gasteiger partial charge in [-0.15, -0.1) is 12.4 Å².